The van der Waals surface area contributed by atoms with Crippen LogP contribution in [0.1, 0.15) is 41.3 Å². The van der Waals surface area contributed by atoms with E-state index in [-0.39, 0.29) is 24.4 Å². The van der Waals surface area contributed by atoms with E-state index in [2.05, 4.69) is 41.7 Å². The van der Waals surface area contributed by atoms with Crippen LogP contribution in [0, 0.1) is 13.8 Å². The molecule has 0 spiro atoms. The fraction of sp³-hybridized carbons (Fsp3) is 0.412. The molecule has 0 bridgehead atoms. The maximum atomic E-state index is 12.6. The van der Waals surface area contributed by atoms with E-state index in [9.17, 15) is 4.79 Å². The van der Waals surface area contributed by atoms with Crippen LogP contribution in [0.15, 0.2) is 30.6 Å². The highest BCUT2D eigenvalue weighted by atomic mass is 35.5. The molecule has 2 unspecified atom stereocenters. The summed E-state index contributed by atoms with van der Waals surface area (Å²) in [6.45, 7) is 6.18. The molecule has 0 fully saturated rings. The number of benzene rings is 1. The summed E-state index contributed by atoms with van der Waals surface area (Å²) in [4.78, 5) is 12.6. The fourth-order valence-corrected chi connectivity index (χ4v) is 2.66. The smallest absolute Gasteiger partial charge is 0.242 e. The standard InChI is InChI=1S/C17H24N4O.ClH/c1-11-7-6-8-15(12(11)2)13(3)20-17(22)16(18-4)14-9-19-21(5)10-14;/h6-10,13,16,18H,1-5H3,(H,20,22);1H. The van der Waals surface area contributed by atoms with Crippen LogP contribution in [-0.2, 0) is 11.8 Å². The Kier molecular flexibility index (Phi) is 6.79. The molecule has 0 radical (unpaired) electrons. The Morgan fingerprint density at radius 2 is 2.00 bits per heavy atom. The number of rotatable bonds is 5. The van der Waals surface area contributed by atoms with E-state index in [1.165, 1.54) is 11.1 Å². The first-order valence-electron chi connectivity index (χ1n) is 7.46. The quantitative estimate of drug-likeness (QED) is 0.882. The average Bonchev–Trinajstić information content (AvgIpc) is 2.88. The molecule has 0 saturated carbocycles. The SMILES string of the molecule is CNC(C(=O)NC(C)c1cccc(C)c1C)c1cnn(C)c1.Cl. The van der Waals surface area contributed by atoms with Crippen LogP contribution in [0.2, 0.25) is 0 Å². The summed E-state index contributed by atoms with van der Waals surface area (Å²) >= 11 is 0. The molecule has 1 amide bonds. The molecule has 2 aromatic rings. The number of hydrogen-bond acceptors (Lipinski definition) is 3. The van der Waals surface area contributed by atoms with Gasteiger partial charge in [0, 0.05) is 18.8 Å². The highest BCUT2D eigenvalue weighted by Gasteiger charge is 2.22. The van der Waals surface area contributed by atoms with Crippen LogP contribution in [0.5, 0.6) is 0 Å². The lowest BCUT2D eigenvalue weighted by atomic mass is 9.98. The Bertz CT molecular complexity index is 668. The van der Waals surface area contributed by atoms with E-state index >= 15 is 0 Å². The van der Waals surface area contributed by atoms with E-state index in [1.54, 1.807) is 17.9 Å². The molecule has 0 saturated heterocycles. The minimum atomic E-state index is -0.402. The molecular weight excluding hydrogens is 312 g/mol. The number of aromatic nitrogens is 2. The second-order valence-corrected chi connectivity index (χ2v) is 5.69. The predicted octanol–water partition coefficient (Wildman–Crippen LogP) is 2.60. The van der Waals surface area contributed by atoms with Crippen LogP contribution in [0.4, 0.5) is 0 Å². The summed E-state index contributed by atoms with van der Waals surface area (Å²) < 4.78 is 1.70. The number of nitrogens with zero attached hydrogens (tertiary/aromatic N) is 2. The molecule has 23 heavy (non-hydrogen) atoms. The molecule has 2 atom stereocenters. The average molecular weight is 337 g/mol. The molecule has 1 aromatic heterocycles. The lowest BCUT2D eigenvalue weighted by molar-refractivity contribution is -0.123. The Morgan fingerprint density at radius 3 is 2.57 bits per heavy atom. The Balaban J connectivity index is 0.00000264. The molecule has 5 nitrogen and oxygen atoms in total. The molecule has 126 valence electrons. The topological polar surface area (TPSA) is 59.0 Å². The number of halogens is 1. The summed E-state index contributed by atoms with van der Waals surface area (Å²) in [5, 5.41) is 10.3. The van der Waals surface area contributed by atoms with Crippen molar-refractivity contribution in [2.75, 3.05) is 7.05 Å². The van der Waals surface area contributed by atoms with Gasteiger partial charge in [0.1, 0.15) is 6.04 Å². The highest BCUT2D eigenvalue weighted by Crippen LogP contribution is 2.21. The molecular formula is C17H25ClN4O. The lowest BCUT2D eigenvalue weighted by Gasteiger charge is -2.21. The van der Waals surface area contributed by atoms with Crippen molar-refractivity contribution < 1.29 is 4.79 Å². The molecule has 0 aliphatic carbocycles. The van der Waals surface area contributed by atoms with Gasteiger partial charge in [0.05, 0.1) is 12.2 Å². The summed E-state index contributed by atoms with van der Waals surface area (Å²) in [7, 11) is 3.62. The number of amides is 1. The van der Waals surface area contributed by atoms with Gasteiger partial charge in [-0.2, -0.15) is 5.10 Å². The normalized spacial score (nSPS) is 13.1. The number of likely N-dealkylation sites (N-methyl/N-ethyl adjacent to an activating group) is 1. The van der Waals surface area contributed by atoms with Crippen molar-refractivity contribution >= 4 is 18.3 Å². The van der Waals surface area contributed by atoms with Crippen molar-refractivity contribution in [3.63, 3.8) is 0 Å². The number of carbonyl (C=O) groups excluding carboxylic acids is 1. The third-order valence-electron chi connectivity index (χ3n) is 4.08. The van der Waals surface area contributed by atoms with Gasteiger partial charge in [0.2, 0.25) is 5.91 Å². The van der Waals surface area contributed by atoms with Crippen molar-refractivity contribution in [2.24, 2.45) is 7.05 Å². The Morgan fingerprint density at radius 1 is 1.30 bits per heavy atom. The van der Waals surface area contributed by atoms with Crippen LogP contribution in [0.3, 0.4) is 0 Å². The van der Waals surface area contributed by atoms with Crippen LogP contribution < -0.4 is 10.6 Å². The third kappa shape index (κ3) is 4.33. The third-order valence-corrected chi connectivity index (χ3v) is 4.08. The number of nitrogens with one attached hydrogen (secondary N) is 2. The van der Waals surface area contributed by atoms with Gasteiger partial charge in [-0.3, -0.25) is 9.48 Å². The largest absolute Gasteiger partial charge is 0.348 e. The van der Waals surface area contributed by atoms with Gasteiger partial charge in [-0.1, -0.05) is 18.2 Å². The van der Waals surface area contributed by atoms with Crippen LogP contribution in [0.25, 0.3) is 0 Å². The van der Waals surface area contributed by atoms with Crippen molar-refractivity contribution in [1.29, 1.82) is 0 Å². The molecule has 0 aliphatic heterocycles. The van der Waals surface area contributed by atoms with Crippen LogP contribution >= 0.6 is 12.4 Å². The molecule has 0 aliphatic rings. The Labute approximate surface area is 143 Å². The first-order valence-corrected chi connectivity index (χ1v) is 7.46. The summed E-state index contributed by atoms with van der Waals surface area (Å²) in [6.07, 6.45) is 3.56. The van der Waals surface area contributed by atoms with Crippen molar-refractivity contribution in [2.45, 2.75) is 32.9 Å². The van der Waals surface area contributed by atoms with Gasteiger partial charge in [-0.15, -0.1) is 12.4 Å². The first-order chi connectivity index (χ1) is 10.4. The zero-order chi connectivity index (χ0) is 16.3. The van der Waals surface area contributed by atoms with E-state index < -0.39 is 6.04 Å². The second kappa shape index (κ2) is 8.13. The fourth-order valence-electron chi connectivity index (χ4n) is 2.66. The minimum Gasteiger partial charge on any atom is -0.348 e. The molecule has 1 heterocycles. The lowest BCUT2D eigenvalue weighted by Crippen LogP contribution is -2.37. The van der Waals surface area contributed by atoms with E-state index in [0.29, 0.717) is 0 Å². The van der Waals surface area contributed by atoms with Gasteiger partial charge < -0.3 is 10.6 Å². The first kappa shape index (κ1) is 19.2. The van der Waals surface area contributed by atoms with Crippen molar-refractivity contribution in [3.8, 4) is 0 Å². The monoisotopic (exact) mass is 336 g/mol. The van der Waals surface area contributed by atoms with Gasteiger partial charge in [-0.05, 0) is 44.5 Å². The van der Waals surface area contributed by atoms with Gasteiger partial charge in [0.25, 0.3) is 0 Å². The zero-order valence-electron chi connectivity index (χ0n) is 14.3. The zero-order valence-corrected chi connectivity index (χ0v) is 15.1. The number of aryl methyl sites for hydroxylation is 2. The summed E-state index contributed by atoms with van der Waals surface area (Å²) in [6, 6.07) is 5.73. The molecule has 1 aromatic carbocycles. The summed E-state index contributed by atoms with van der Waals surface area (Å²) in [5.74, 6) is -0.0519. The number of carbonyl (C=O) groups is 1. The van der Waals surface area contributed by atoms with Gasteiger partial charge in [0.15, 0.2) is 0 Å². The van der Waals surface area contributed by atoms with Crippen molar-refractivity contribution in [3.05, 3.63) is 52.8 Å². The van der Waals surface area contributed by atoms with Gasteiger partial charge >= 0.3 is 0 Å². The van der Waals surface area contributed by atoms with E-state index in [0.717, 1.165) is 11.1 Å². The number of hydrogen-bond donors (Lipinski definition) is 2. The Hall–Kier alpha value is -1.85. The van der Waals surface area contributed by atoms with Crippen LogP contribution in [-0.4, -0.2) is 22.7 Å². The maximum Gasteiger partial charge on any atom is 0.242 e. The van der Waals surface area contributed by atoms with Crippen molar-refractivity contribution in [1.82, 2.24) is 20.4 Å². The maximum absolute atomic E-state index is 12.6. The molecule has 2 N–H and O–H groups in total. The van der Waals surface area contributed by atoms with E-state index in [1.807, 2.05) is 26.2 Å². The highest BCUT2D eigenvalue weighted by molar-refractivity contribution is 5.85. The minimum absolute atomic E-state index is 0. The van der Waals surface area contributed by atoms with Gasteiger partial charge in [-0.25, -0.2) is 0 Å². The summed E-state index contributed by atoms with van der Waals surface area (Å²) in [5.41, 5.74) is 4.46. The van der Waals surface area contributed by atoms with E-state index in [4.69, 9.17) is 0 Å². The molecule has 2 rings (SSSR count). The molecule has 6 heteroatoms. The predicted molar refractivity (Wildman–Crippen MR) is 94.7 cm³/mol. The second-order valence-electron chi connectivity index (χ2n) is 5.69.